The zero-order valence-electron chi connectivity index (χ0n) is 15.1. The van der Waals surface area contributed by atoms with Crippen LogP contribution in [0, 0.1) is 19.4 Å². The molecule has 0 saturated carbocycles. The van der Waals surface area contributed by atoms with Gasteiger partial charge in [0.15, 0.2) is 5.69 Å². The Labute approximate surface area is 145 Å². The summed E-state index contributed by atoms with van der Waals surface area (Å²) in [5, 5.41) is 0. The summed E-state index contributed by atoms with van der Waals surface area (Å²) in [5.41, 5.74) is 5.31. The lowest BCUT2D eigenvalue weighted by Crippen LogP contribution is -2.06. The van der Waals surface area contributed by atoms with E-state index in [4.69, 9.17) is 16.0 Å². The molecular weight excluding hydrogens is 298 g/mol. The molecule has 2 rings (SSSR count). The lowest BCUT2D eigenvalue weighted by molar-refractivity contribution is 0.377. The highest BCUT2D eigenvalue weighted by Crippen LogP contribution is 2.37. The summed E-state index contributed by atoms with van der Waals surface area (Å²) in [6.07, 6.45) is 1.69. The molecule has 0 atom stereocenters. The highest BCUT2D eigenvalue weighted by molar-refractivity contribution is 5.56. The molecule has 0 aliphatic heterocycles. The van der Waals surface area contributed by atoms with Crippen molar-refractivity contribution in [3.63, 3.8) is 0 Å². The van der Waals surface area contributed by atoms with Gasteiger partial charge in [-0.15, -0.1) is 0 Å². The van der Waals surface area contributed by atoms with Crippen molar-refractivity contribution >= 4 is 5.69 Å². The van der Waals surface area contributed by atoms with Crippen molar-refractivity contribution in [3.8, 4) is 11.5 Å². The number of benzene rings is 2. The number of nitrogens with zero attached hydrogens (tertiary/aromatic N) is 1. The Kier molecular flexibility index (Phi) is 5.87. The molecule has 0 amide bonds. The molecule has 0 N–H and O–H groups in total. The summed E-state index contributed by atoms with van der Waals surface area (Å²) in [5.74, 6) is 2.33. The van der Waals surface area contributed by atoms with Gasteiger partial charge in [0.1, 0.15) is 11.5 Å². The van der Waals surface area contributed by atoms with Crippen LogP contribution in [0.25, 0.3) is 4.85 Å². The molecule has 2 aromatic rings. The lowest BCUT2D eigenvalue weighted by Gasteiger charge is -2.20. The summed E-state index contributed by atoms with van der Waals surface area (Å²) in [4.78, 5) is 3.45. The van der Waals surface area contributed by atoms with E-state index in [0.717, 1.165) is 35.5 Å². The third-order valence-corrected chi connectivity index (χ3v) is 4.15. The fourth-order valence-corrected chi connectivity index (χ4v) is 2.99. The number of hydrogen-bond donors (Lipinski definition) is 0. The number of rotatable bonds is 6. The number of aryl methyl sites for hydroxylation is 1. The first-order valence-electron chi connectivity index (χ1n) is 8.19. The van der Waals surface area contributed by atoms with Crippen LogP contribution in [0.15, 0.2) is 30.3 Å². The molecule has 0 radical (unpaired) electrons. The van der Waals surface area contributed by atoms with Crippen LogP contribution in [0.2, 0.25) is 0 Å². The van der Waals surface area contributed by atoms with Crippen molar-refractivity contribution in [3.05, 3.63) is 64.0 Å². The van der Waals surface area contributed by atoms with E-state index < -0.39 is 0 Å². The van der Waals surface area contributed by atoms with E-state index in [0.29, 0.717) is 11.6 Å². The summed E-state index contributed by atoms with van der Waals surface area (Å²) in [7, 11) is 3.43. The van der Waals surface area contributed by atoms with Gasteiger partial charge in [0, 0.05) is 17.5 Å². The molecule has 24 heavy (non-hydrogen) atoms. The second-order valence-electron chi connectivity index (χ2n) is 6.44. The smallest absolute Gasteiger partial charge is 0.187 e. The molecule has 3 nitrogen and oxygen atoms in total. The van der Waals surface area contributed by atoms with Gasteiger partial charge in [0.2, 0.25) is 0 Å². The van der Waals surface area contributed by atoms with Crippen molar-refractivity contribution < 1.29 is 9.47 Å². The van der Waals surface area contributed by atoms with Crippen LogP contribution in [0.4, 0.5) is 5.69 Å². The van der Waals surface area contributed by atoms with Gasteiger partial charge in [0.25, 0.3) is 0 Å². The van der Waals surface area contributed by atoms with E-state index in [-0.39, 0.29) is 0 Å². The number of methoxy groups -OCH3 is 2. The topological polar surface area (TPSA) is 22.8 Å². The van der Waals surface area contributed by atoms with E-state index in [1.165, 1.54) is 11.1 Å². The van der Waals surface area contributed by atoms with E-state index in [1.807, 2.05) is 24.3 Å². The van der Waals surface area contributed by atoms with Gasteiger partial charge in [-0.3, -0.25) is 0 Å². The molecule has 0 fully saturated rings. The van der Waals surface area contributed by atoms with Gasteiger partial charge < -0.3 is 9.47 Å². The monoisotopic (exact) mass is 323 g/mol. The molecule has 0 aromatic heterocycles. The summed E-state index contributed by atoms with van der Waals surface area (Å²) in [6, 6.07) is 9.85. The molecule has 126 valence electrons. The molecule has 0 heterocycles. The molecule has 3 heteroatoms. The maximum Gasteiger partial charge on any atom is 0.187 e. The minimum Gasteiger partial charge on any atom is -0.496 e. The Morgan fingerprint density at radius 2 is 1.71 bits per heavy atom. The fourth-order valence-electron chi connectivity index (χ4n) is 2.99. The van der Waals surface area contributed by atoms with Gasteiger partial charge in [-0.25, -0.2) is 4.85 Å². The minimum absolute atomic E-state index is 0.515. The average Bonchev–Trinajstić information content (AvgIpc) is 2.57. The summed E-state index contributed by atoms with van der Waals surface area (Å²) >= 11 is 0. The van der Waals surface area contributed by atoms with E-state index in [1.54, 1.807) is 14.2 Å². The number of ether oxygens (including phenoxy) is 2. The van der Waals surface area contributed by atoms with Crippen LogP contribution in [-0.2, 0) is 12.8 Å². The molecule has 0 aliphatic rings. The Hall–Kier alpha value is -2.47. The molecular formula is C21H25NO2. The van der Waals surface area contributed by atoms with Gasteiger partial charge in [-0.1, -0.05) is 38.1 Å². The standard InChI is InChI=1S/C21H25NO2/c1-14(2)11-19-20(23-5)12-15(3)18(21(19)24-6)13-16-7-9-17(22-4)10-8-16/h7-10,12,14H,11,13H2,1-3,5-6H3. The van der Waals surface area contributed by atoms with E-state index in [2.05, 4.69) is 31.7 Å². The first kappa shape index (κ1) is 17.9. The van der Waals surface area contributed by atoms with Crippen LogP contribution >= 0.6 is 0 Å². The average molecular weight is 323 g/mol. The largest absolute Gasteiger partial charge is 0.496 e. The fraction of sp³-hybridized carbons (Fsp3) is 0.381. The van der Waals surface area contributed by atoms with Crippen molar-refractivity contribution in [2.45, 2.75) is 33.6 Å². The van der Waals surface area contributed by atoms with Crippen LogP contribution < -0.4 is 9.47 Å². The maximum atomic E-state index is 7.06. The van der Waals surface area contributed by atoms with Gasteiger partial charge in [-0.2, -0.15) is 0 Å². The molecule has 0 unspecified atom stereocenters. The molecule has 0 spiro atoms. The second-order valence-corrected chi connectivity index (χ2v) is 6.44. The van der Waals surface area contributed by atoms with Crippen molar-refractivity contribution in [1.82, 2.24) is 0 Å². The third-order valence-electron chi connectivity index (χ3n) is 4.15. The minimum atomic E-state index is 0.515. The van der Waals surface area contributed by atoms with Crippen molar-refractivity contribution in [2.75, 3.05) is 14.2 Å². The second kappa shape index (κ2) is 7.88. The Bertz CT molecular complexity index is 740. The molecule has 0 aliphatic carbocycles. The van der Waals surface area contributed by atoms with Crippen molar-refractivity contribution in [2.24, 2.45) is 5.92 Å². The van der Waals surface area contributed by atoms with Crippen LogP contribution in [0.1, 0.15) is 36.1 Å². The Morgan fingerprint density at radius 1 is 1.04 bits per heavy atom. The van der Waals surface area contributed by atoms with Crippen LogP contribution in [0.5, 0.6) is 11.5 Å². The SMILES string of the molecule is [C-]#[N+]c1ccc(Cc2c(C)cc(OC)c(CC(C)C)c2OC)cc1. The highest BCUT2D eigenvalue weighted by Gasteiger charge is 2.19. The maximum absolute atomic E-state index is 7.06. The first-order valence-corrected chi connectivity index (χ1v) is 8.19. The lowest BCUT2D eigenvalue weighted by atomic mass is 9.92. The van der Waals surface area contributed by atoms with E-state index in [9.17, 15) is 0 Å². The molecule has 0 bridgehead atoms. The zero-order valence-corrected chi connectivity index (χ0v) is 15.1. The van der Waals surface area contributed by atoms with Crippen LogP contribution in [0.3, 0.4) is 0 Å². The normalized spacial score (nSPS) is 10.5. The zero-order chi connectivity index (χ0) is 17.7. The third kappa shape index (κ3) is 3.89. The predicted octanol–water partition coefficient (Wildman–Crippen LogP) is 5.35. The number of hydrogen-bond acceptors (Lipinski definition) is 2. The van der Waals surface area contributed by atoms with Crippen molar-refractivity contribution in [1.29, 1.82) is 0 Å². The predicted molar refractivity (Wildman–Crippen MR) is 98.3 cm³/mol. The summed E-state index contributed by atoms with van der Waals surface area (Å²) < 4.78 is 11.4. The van der Waals surface area contributed by atoms with Gasteiger partial charge in [-0.05, 0) is 36.5 Å². The quantitative estimate of drug-likeness (QED) is 0.669. The van der Waals surface area contributed by atoms with Gasteiger partial charge >= 0.3 is 0 Å². The highest BCUT2D eigenvalue weighted by atomic mass is 16.5. The summed E-state index contributed by atoms with van der Waals surface area (Å²) in [6.45, 7) is 13.5. The molecule has 0 saturated heterocycles. The van der Waals surface area contributed by atoms with Crippen LogP contribution in [-0.4, -0.2) is 14.2 Å². The first-order chi connectivity index (χ1) is 11.5. The molecule has 2 aromatic carbocycles. The van der Waals surface area contributed by atoms with E-state index >= 15 is 0 Å². The Balaban J connectivity index is 2.49. The van der Waals surface area contributed by atoms with Gasteiger partial charge in [0.05, 0.1) is 20.8 Å². The Morgan fingerprint density at radius 3 is 2.21 bits per heavy atom.